The van der Waals surface area contributed by atoms with Gasteiger partial charge in [-0.3, -0.25) is 0 Å². The molecule has 7 nitrogen and oxygen atoms in total. The van der Waals surface area contributed by atoms with Gasteiger partial charge in [0.2, 0.25) is 0 Å². The molecule has 3 rings (SSSR count). The molecule has 0 atom stereocenters. The van der Waals surface area contributed by atoms with E-state index in [-0.39, 0.29) is 0 Å². The Morgan fingerprint density at radius 2 is 2.03 bits per heavy atom. The van der Waals surface area contributed by atoms with Crippen LogP contribution in [0.15, 0.2) is 53.9 Å². The van der Waals surface area contributed by atoms with E-state index in [1.165, 1.54) is 0 Å². The Bertz CT molecular complexity index is 908. The van der Waals surface area contributed by atoms with Crippen molar-refractivity contribution in [2.75, 3.05) is 13.6 Å². The van der Waals surface area contributed by atoms with Crippen LogP contribution in [0.25, 0.3) is 11.3 Å². The number of benzene rings is 1. The molecule has 0 aliphatic carbocycles. The zero-order chi connectivity index (χ0) is 20.6. The summed E-state index contributed by atoms with van der Waals surface area (Å²) in [5.41, 5.74) is 2.15. The molecular weight excluding hydrogens is 362 g/mol. The van der Waals surface area contributed by atoms with Gasteiger partial charge in [0, 0.05) is 32.5 Å². The average molecular weight is 394 g/mol. The van der Waals surface area contributed by atoms with Crippen LogP contribution in [0.2, 0.25) is 0 Å². The molecule has 3 aromatic rings. The molecule has 0 saturated carbocycles. The van der Waals surface area contributed by atoms with Gasteiger partial charge in [-0.25, -0.2) is 15.0 Å². The third-order valence-electron chi connectivity index (χ3n) is 4.53. The monoisotopic (exact) mass is 393 g/mol. The van der Waals surface area contributed by atoms with Crippen LogP contribution in [-0.4, -0.2) is 44.0 Å². The Morgan fingerprint density at radius 3 is 2.76 bits per heavy atom. The van der Waals surface area contributed by atoms with Crippen molar-refractivity contribution < 1.29 is 0 Å². The van der Waals surface area contributed by atoms with Gasteiger partial charge in [0.25, 0.3) is 0 Å². The minimum Gasteiger partial charge on any atom is -0.357 e. The minimum atomic E-state index is 0.541. The summed E-state index contributed by atoms with van der Waals surface area (Å²) in [5, 5.41) is 3.36. The van der Waals surface area contributed by atoms with Crippen LogP contribution >= 0.6 is 0 Å². The van der Waals surface area contributed by atoms with E-state index in [4.69, 9.17) is 4.99 Å². The van der Waals surface area contributed by atoms with Crippen molar-refractivity contribution in [2.24, 2.45) is 10.9 Å². The number of imidazole rings is 2. The van der Waals surface area contributed by atoms with Crippen molar-refractivity contribution in [1.82, 2.24) is 29.7 Å². The van der Waals surface area contributed by atoms with Gasteiger partial charge in [-0.15, -0.1) is 0 Å². The quantitative estimate of drug-likeness (QED) is 0.454. The summed E-state index contributed by atoms with van der Waals surface area (Å²) in [7, 11) is 2.02. The van der Waals surface area contributed by atoms with Gasteiger partial charge in [0.05, 0.1) is 18.4 Å². The maximum absolute atomic E-state index is 4.79. The number of hydrogen-bond donors (Lipinski definition) is 2. The number of H-pyrrole nitrogens is 1. The topological polar surface area (TPSA) is 74.1 Å². The molecule has 29 heavy (non-hydrogen) atoms. The first-order valence-corrected chi connectivity index (χ1v) is 10.2. The maximum Gasteiger partial charge on any atom is 0.194 e. The van der Waals surface area contributed by atoms with E-state index >= 15 is 0 Å². The third-order valence-corrected chi connectivity index (χ3v) is 4.53. The van der Waals surface area contributed by atoms with Gasteiger partial charge < -0.3 is 19.8 Å². The molecule has 0 bridgehead atoms. The largest absolute Gasteiger partial charge is 0.357 e. The van der Waals surface area contributed by atoms with Gasteiger partial charge in [0.15, 0.2) is 5.96 Å². The predicted molar refractivity (Wildman–Crippen MR) is 117 cm³/mol. The number of rotatable bonds is 8. The van der Waals surface area contributed by atoms with E-state index in [1.54, 1.807) is 0 Å². The van der Waals surface area contributed by atoms with E-state index in [0.717, 1.165) is 42.0 Å². The highest BCUT2D eigenvalue weighted by atomic mass is 15.3. The second kappa shape index (κ2) is 9.91. The first kappa shape index (κ1) is 20.6. The number of aliphatic imine (C=N–C) groups is 1. The number of nitrogens with zero attached hydrogens (tertiary/aromatic N) is 5. The summed E-state index contributed by atoms with van der Waals surface area (Å²) in [6, 6.07) is 10.2. The highest BCUT2D eigenvalue weighted by Crippen LogP contribution is 2.16. The minimum absolute atomic E-state index is 0.541. The van der Waals surface area contributed by atoms with Crippen LogP contribution in [0.3, 0.4) is 0 Å². The fourth-order valence-electron chi connectivity index (χ4n) is 3.17. The Hall–Kier alpha value is -3.09. The van der Waals surface area contributed by atoms with Crippen LogP contribution < -0.4 is 5.32 Å². The van der Waals surface area contributed by atoms with Crippen molar-refractivity contribution in [2.45, 2.75) is 40.4 Å². The number of hydrogen-bond acceptors (Lipinski definition) is 3. The van der Waals surface area contributed by atoms with Crippen LogP contribution in [0.5, 0.6) is 0 Å². The predicted octanol–water partition coefficient (Wildman–Crippen LogP) is 3.53. The molecular formula is C22H31N7. The molecule has 0 aliphatic heterocycles. The summed E-state index contributed by atoms with van der Waals surface area (Å²) < 4.78 is 2.18. The highest BCUT2D eigenvalue weighted by molar-refractivity contribution is 5.79. The van der Waals surface area contributed by atoms with E-state index in [2.05, 4.69) is 62.6 Å². The second-order valence-corrected chi connectivity index (χ2v) is 7.53. The molecule has 0 radical (unpaired) electrons. The average Bonchev–Trinajstić information content (AvgIpc) is 3.35. The fourth-order valence-corrected chi connectivity index (χ4v) is 3.17. The fraction of sp³-hybridized carbons (Fsp3) is 0.409. The molecule has 0 unspecified atom stereocenters. The van der Waals surface area contributed by atoms with Crippen molar-refractivity contribution >= 4 is 5.96 Å². The molecule has 7 heteroatoms. The van der Waals surface area contributed by atoms with E-state index in [9.17, 15) is 0 Å². The first-order chi connectivity index (χ1) is 14.1. The SMILES string of the molecule is CCNC(=NCc1nccn1CC(C)C)N(C)Cc1ncc(-c2ccccc2)[nH]1. The summed E-state index contributed by atoms with van der Waals surface area (Å²) in [5.74, 6) is 3.29. The number of nitrogens with one attached hydrogen (secondary N) is 2. The van der Waals surface area contributed by atoms with Crippen LogP contribution in [-0.2, 0) is 19.6 Å². The van der Waals surface area contributed by atoms with Crippen molar-refractivity contribution in [3.63, 3.8) is 0 Å². The summed E-state index contributed by atoms with van der Waals surface area (Å²) >= 11 is 0. The van der Waals surface area contributed by atoms with Gasteiger partial charge >= 0.3 is 0 Å². The standard InChI is InChI=1S/C22H31N7/c1-5-23-22(26-14-21-24-11-12-29(21)15-17(2)3)28(4)16-20-25-13-19(27-20)18-9-7-6-8-10-18/h6-13,17H,5,14-16H2,1-4H3,(H,23,26)(H,25,27). The van der Waals surface area contributed by atoms with Crippen molar-refractivity contribution in [3.05, 3.63) is 60.6 Å². The molecule has 0 amide bonds. The Labute approximate surface area is 172 Å². The van der Waals surface area contributed by atoms with E-state index < -0.39 is 0 Å². The van der Waals surface area contributed by atoms with Gasteiger partial charge in [0.1, 0.15) is 18.2 Å². The summed E-state index contributed by atoms with van der Waals surface area (Å²) in [4.78, 5) is 19.3. The molecule has 0 saturated heterocycles. The van der Waals surface area contributed by atoms with E-state index in [0.29, 0.717) is 19.0 Å². The lowest BCUT2D eigenvalue weighted by molar-refractivity contribution is 0.462. The molecule has 0 fully saturated rings. The van der Waals surface area contributed by atoms with Gasteiger partial charge in [-0.1, -0.05) is 44.2 Å². The Morgan fingerprint density at radius 1 is 1.24 bits per heavy atom. The van der Waals surface area contributed by atoms with Crippen LogP contribution in [0.1, 0.15) is 32.4 Å². The second-order valence-electron chi connectivity index (χ2n) is 7.53. The van der Waals surface area contributed by atoms with Crippen LogP contribution in [0.4, 0.5) is 0 Å². The number of guanidine groups is 1. The maximum atomic E-state index is 4.79. The lowest BCUT2D eigenvalue weighted by Crippen LogP contribution is -2.38. The zero-order valence-electron chi connectivity index (χ0n) is 17.8. The smallest absolute Gasteiger partial charge is 0.194 e. The molecule has 0 spiro atoms. The Kier molecular flexibility index (Phi) is 7.05. The zero-order valence-corrected chi connectivity index (χ0v) is 17.8. The Balaban J connectivity index is 1.68. The third kappa shape index (κ3) is 5.70. The van der Waals surface area contributed by atoms with Crippen molar-refractivity contribution in [1.29, 1.82) is 0 Å². The molecule has 1 aromatic carbocycles. The van der Waals surface area contributed by atoms with Crippen LogP contribution in [0, 0.1) is 5.92 Å². The lowest BCUT2D eigenvalue weighted by atomic mass is 10.2. The van der Waals surface area contributed by atoms with E-state index in [1.807, 2.05) is 43.8 Å². The highest BCUT2D eigenvalue weighted by Gasteiger charge is 2.11. The molecule has 2 heterocycles. The normalized spacial score (nSPS) is 11.8. The van der Waals surface area contributed by atoms with Gasteiger partial charge in [-0.05, 0) is 18.4 Å². The number of aromatic amines is 1. The molecule has 2 aromatic heterocycles. The van der Waals surface area contributed by atoms with Gasteiger partial charge in [-0.2, -0.15) is 0 Å². The molecule has 154 valence electrons. The number of aromatic nitrogens is 4. The summed E-state index contributed by atoms with van der Waals surface area (Å²) in [6.07, 6.45) is 5.75. The van der Waals surface area contributed by atoms with Crippen molar-refractivity contribution in [3.8, 4) is 11.3 Å². The molecule has 2 N–H and O–H groups in total. The first-order valence-electron chi connectivity index (χ1n) is 10.2. The molecule has 0 aliphatic rings. The lowest BCUT2D eigenvalue weighted by Gasteiger charge is -2.21. The summed E-state index contributed by atoms with van der Waals surface area (Å²) in [6.45, 7) is 9.42.